The fourth-order valence-corrected chi connectivity index (χ4v) is 9.14. The van der Waals surface area contributed by atoms with Gasteiger partial charge in [-0.2, -0.15) is 0 Å². The Bertz CT molecular complexity index is 2410. The molecule has 14 nitrogen and oxygen atoms in total. The van der Waals surface area contributed by atoms with Crippen LogP contribution in [0.15, 0.2) is 120 Å². The SMILES string of the molecule is CCN(CC)C(=O)c1ccc(C(=C2CCN(C(=O)OCOP(C)(=O)O)CC2)c2ccccc2)cc1.CCN(CC)C(=O)c1ccc(C(=C2CCN(C(=O)[C@@H](N)CCCCN)CC2)c2ccccc2)cc1. The van der Waals surface area contributed by atoms with Crippen molar-refractivity contribution >= 4 is 42.6 Å². The molecule has 2 atom stereocenters. The predicted molar refractivity (Wildman–Crippen MR) is 278 cm³/mol. The molecular formula is C55H73N6O8P. The van der Waals surface area contributed by atoms with Gasteiger partial charge in [-0.25, -0.2) is 4.79 Å². The quantitative estimate of drug-likeness (QED) is 0.0493. The fraction of sp³-hybridized carbons (Fsp3) is 0.418. The number of unbranched alkanes of at least 4 members (excludes halogenated alkanes) is 1. The van der Waals surface area contributed by atoms with Crippen LogP contribution in [0.3, 0.4) is 0 Å². The van der Waals surface area contributed by atoms with Gasteiger partial charge in [0.2, 0.25) is 12.7 Å². The Morgan fingerprint density at radius 2 is 0.971 bits per heavy atom. The van der Waals surface area contributed by atoms with Gasteiger partial charge in [-0.15, -0.1) is 0 Å². The topological polar surface area (TPSA) is 189 Å². The van der Waals surface area contributed by atoms with E-state index in [1.54, 1.807) is 9.80 Å². The lowest BCUT2D eigenvalue weighted by molar-refractivity contribution is -0.133. The van der Waals surface area contributed by atoms with E-state index < -0.39 is 26.5 Å². The molecule has 0 aliphatic carbocycles. The van der Waals surface area contributed by atoms with Gasteiger partial charge in [-0.05, 0) is 130 Å². The molecule has 0 aromatic heterocycles. The minimum absolute atomic E-state index is 0.0203. The molecule has 70 heavy (non-hydrogen) atoms. The number of carbonyl (C=O) groups is 4. The number of hydrogen-bond donors (Lipinski definition) is 3. The van der Waals surface area contributed by atoms with Gasteiger partial charge in [-0.3, -0.25) is 23.5 Å². The lowest BCUT2D eigenvalue weighted by Gasteiger charge is -2.32. The van der Waals surface area contributed by atoms with E-state index in [1.807, 2.05) is 110 Å². The molecule has 2 heterocycles. The van der Waals surface area contributed by atoms with Crippen LogP contribution in [0.2, 0.25) is 0 Å². The van der Waals surface area contributed by atoms with Crippen molar-refractivity contribution in [3.8, 4) is 0 Å². The molecule has 2 aliphatic heterocycles. The Balaban J connectivity index is 0.000000261. The van der Waals surface area contributed by atoms with Crippen LogP contribution in [0.25, 0.3) is 11.1 Å². The molecule has 2 aliphatic rings. The molecule has 6 rings (SSSR count). The van der Waals surface area contributed by atoms with Crippen LogP contribution in [-0.4, -0.2) is 127 Å². The zero-order valence-electron chi connectivity index (χ0n) is 41.7. The average Bonchev–Trinajstić information content (AvgIpc) is 3.38. The number of carbonyl (C=O) groups excluding carboxylic acids is 4. The average molecular weight is 977 g/mol. The second-order valence-corrected chi connectivity index (χ2v) is 19.3. The summed E-state index contributed by atoms with van der Waals surface area (Å²) in [6, 6.07) is 35.7. The number of likely N-dealkylation sites (tertiary alicyclic amines) is 2. The molecule has 15 heteroatoms. The standard InChI is InChI=1S/C29H40N4O2.C26H33N2O6P/c1-3-32(4-2)28(34)25-15-13-23(14-16-25)27(22-10-6-5-7-11-22)24-17-20-33(21-18-24)29(35)26(31)12-8-9-19-30;1-4-27(5-2)25(29)23-13-11-21(12-14-23)24(20-9-7-6-8-10-20)22-15-17-28(18-16-22)26(30)33-19-34-35(3,31)32/h5-7,10-11,13-16,26H,3-4,8-9,12,17-21,30-31H2,1-2H3;6-14H,4-5,15-19H2,1-3H3,(H,31,32)/t26-;/m0./s1. The summed E-state index contributed by atoms with van der Waals surface area (Å²) in [4.78, 5) is 66.9. The van der Waals surface area contributed by atoms with E-state index in [-0.39, 0.29) is 17.7 Å². The van der Waals surface area contributed by atoms with Crippen LogP contribution >= 0.6 is 7.60 Å². The summed E-state index contributed by atoms with van der Waals surface area (Å²) in [7, 11) is -3.70. The highest BCUT2D eigenvalue weighted by atomic mass is 31.2. The van der Waals surface area contributed by atoms with Crippen LogP contribution in [0.4, 0.5) is 4.79 Å². The van der Waals surface area contributed by atoms with E-state index in [0.717, 1.165) is 60.2 Å². The van der Waals surface area contributed by atoms with Crippen molar-refractivity contribution in [2.75, 3.05) is 72.4 Å². The second kappa shape index (κ2) is 27.5. The highest BCUT2D eigenvalue weighted by Gasteiger charge is 2.27. The Hall–Kier alpha value is -5.89. The summed E-state index contributed by atoms with van der Waals surface area (Å²) in [6.45, 7) is 14.0. The minimum atomic E-state index is -3.70. The van der Waals surface area contributed by atoms with Gasteiger partial charge in [0.1, 0.15) is 0 Å². The summed E-state index contributed by atoms with van der Waals surface area (Å²) < 4.78 is 20.8. The van der Waals surface area contributed by atoms with Gasteiger partial charge in [-0.1, -0.05) is 102 Å². The van der Waals surface area contributed by atoms with E-state index in [2.05, 4.69) is 40.9 Å². The third-order valence-electron chi connectivity index (χ3n) is 12.8. The van der Waals surface area contributed by atoms with Gasteiger partial charge in [0.15, 0.2) is 0 Å². The van der Waals surface area contributed by atoms with Gasteiger partial charge in [0, 0.05) is 70.1 Å². The molecular weight excluding hydrogens is 904 g/mol. The third-order valence-corrected chi connectivity index (χ3v) is 13.4. The summed E-state index contributed by atoms with van der Waals surface area (Å²) >= 11 is 0. The Morgan fingerprint density at radius 1 is 0.600 bits per heavy atom. The first-order valence-corrected chi connectivity index (χ1v) is 26.7. The zero-order valence-corrected chi connectivity index (χ0v) is 42.6. The molecule has 0 spiro atoms. The number of piperidine rings is 2. The van der Waals surface area contributed by atoms with E-state index in [9.17, 15) is 23.7 Å². The monoisotopic (exact) mass is 977 g/mol. The Kier molecular flexibility index (Phi) is 21.6. The number of hydrogen-bond acceptors (Lipinski definition) is 9. The van der Waals surface area contributed by atoms with Crippen LogP contribution in [0.5, 0.6) is 0 Å². The molecule has 376 valence electrons. The van der Waals surface area contributed by atoms with Crippen molar-refractivity contribution in [2.45, 2.75) is 78.7 Å². The van der Waals surface area contributed by atoms with Crippen LogP contribution in [0, 0.1) is 0 Å². The first-order valence-electron chi connectivity index (χ1n) is 24.7. The summed E-state index contributed by atoms with van der Waals surface area (Å²) in [5.74, 6) is 0.124. The Labute approximate surface area is 414 Å². The van der Waals surface area contributed by atoms with Crippen molar-refractivity contribution in [2.24, 2.45) is 11.5 Å². The van der Waals surface area contributed by atoms with Crippen molar-refractivity contribution in [1.29, 1.82) is 0 Å². The van der Waals surface area contributed by atoms with Crippen molar-refractivity contribution in [3.05, 3.63) is 154 Å². The maximum Gasteiger partial charge on any atom is 0.411 e. The number of nitrogens with two attached hydrogens (primary N) is 2. The fourth-order valence-electron chi connectivity index (χ4n) is 8.89. The van der Waals surface area contributed by atoms with Crippen LogP contribution < -0.4 is 11.5 Å². The number of benzene rings is 4. The summed E-state index contributed by atoms with van der Waals surface area (Å²) in [5, 5.41) is 0. The third kappa shape index (κ3) is 15.6. The molecule has 0 radical (unpaired) electrons. The van der Waals surface area contributed by atoms with Gasteiger partial charge >= 0.3 is 13.7 Å². The molecule has 4 aromatic rings. The molecule has 5 N–H and O–H groups in total. The smallest absolute Gasteiger partial charge is 0.411 e. The number of amides is 4. The normalized spacial score (nSPS) is 14.9. The maximum atomic E-state index is 12.8. The van der Waals surface area contributed by atoms with Crippen LogP contribution in [-0.2, 0) is 18.6 Å². The van der Waals surface area contributed by atoms with Gasteiger partial charge < -0.3 is 40.7 Å². The number of rotatable bonds is 18. The zero-order chi connectivity index (χ0) is 50.6. The maximum absolute atomic E-state index is 12.8. The molecule has 2 fully saturated rings. The first kappa shape index (κ1) is 55.0. The van der Waals surface area contributed by atoms with Crippen molar-refractivity contribution < 1.29 is 37.9 Å². The molecule has 2 saturated heterocycles. The molecule has 0 saturated carbocycles. The van der Waals surface area contributed by atoms with E-state index in [4.69, 9.17) is 21.1 Å². The van der Waals surface area contributed by atoms with Gasteiger partial charge in [0.05, 0.1) is 6.04 Å². The highest BCUT2D eigenvalue weighted by Crippen LogP contribution is 2.37. The summed E-state index contributed by atoms with van der Waals surface area (Å²) in [5.41, 5.74) is 22.3. The van der Waals surface area contributed by atoms with E-state index >= 15 is 0 Å². The lowest BCUT2D eigenvalue weighted by Crippen LogP contribution is -2.46. The van der Waals surface area contributed by atoms with E-state index in [0.29, 0.717) is 89.3 Å². The molecule has 1 unspecified atom stereocenters. The first-order chi connectivity index (χ1) is 33.7. The number of ether oxygens (including phenoxy) is 1. The van der Waals surface area contributed by atoms with Gasteiger partial charge in [0.25, 0.3) is 11.8 Å². The van der Waals surface area contributed by atoms with Crippen molar-refractivity contribution in [3.63, 3.8) is 0 Å². The lowest BCUT2D eigenvalue weighted by atomic mass is 9.88. The van der Waals surface area contributed by atoms with E-state index in [1.165, 1.54) is 16.7 Å². The van der Waals surface area contributed by atoms with Crippen molar-refractivity contribution in [1.82, 2.24) is 19.6 Å². The minimum Gasteiger partial charge on any atom is -0.422 e. The molecule has 0 bridgehead atoms. The second-order valence-electron chi connectivity index (χ2n) is 17.5. The molecule has 4 aromatic carbocycles. The largest absolute Gasteiger partial charge is 0.422 e. The number of nitrogens with zero attached hydrogens (tertiary/aromatic N) is 4. The predicted octanol–water partition coefficient (Wildman–Crippen LogP) is 9.04. The highest BCUT2D eigenvalue weighted by molar-refractivity contribution is 7.51. The van der Waals surface area contributed by atoms with Crippen LogP contribution in [0.1, 0.15) is 116 Å². The Morgan fingerprint density at radius 3 is 1.34 bits per heavy atom. The summed E-state index contributed by atoms with van der Waals surface area (Å²) in [6.07, 6.45) is 4.83. The molecule has 4 amide bonds.